The van der Waals surface area contributed by atoms with Crippen LogP contribution in [0.1, 0.15) is 33.1 Å². The summed E-state index contributed by atoms with van der Waals surface area (Å²) in [6, 6.07) is 0.941. The Labute approximate surface area is 88.1 Å². The summed E-state index contributed by atoms with van der Waals surface area (Å²) in [5.74, 6) is 1.92. The first-order chi connectivity index (χ1) is 6.79. The van der Waals surface area contributed by atoms with Gasteiger partial charge < -0.3 is 10.2 Å². The molecule has 1 aliphatic heterocycles. The van der Waals surface area contributed by atoms with Crippen LogP contribution >= 0.6 is 0 Å². The quantitative estimate of drug-likeness (QED) is 0.736. The lowest BCUT2D eigenvalue weighted by Gasteiger charge is -2.39. The number of nitrogens with zero attached hydrogens (tertiary/aromatic N) is 1. The lowest BCUT2D eigenvalue weighted by atomic mass is 9.81. The van der Waals surface area contributed by atoms with Gasteiger partial charge in [0.25, 0.3) is 0 Å². The minimum Gasteiger partial charge on any atom is -0.317 e. The Bertz CT molecular complexity index is 175. The Balaban J connectivity index is 1.67. The minimum absolute atomic E-state index is 0.922. The molecular formula is C12H24N2. The van der Waals surface area contributed by atoms with Gasteiger partial charge in [-0.1, -0.05) is 13.8 Å². The van der Waals surface area contributed by atoms with Crippen molar-refractivity contribution in [3.63, 3.8) is 0 Å². The van der Waals surface area contributed by atoms with Gasteiger partial charge in [-0.05, 0) is 50.7 Å². The predicted octanol–water partition coefficient (Wildman–Crippen LogP) is 1.72. The third kappa shape index (κ3) is 2.29. The minimum atomic E-state index is 0.922. The van der Waals surface area contributed by atoms with E-state index in [1.54, 1.807) is 0 Å². The van der Waals surface area contributed by atoms with E-state index in [1.165, 1.54) is 38.9 Å². The summed E-state index contributed by atoms with van der Waals surface area (Å²) in [7, 11) is 0. The Morgan fingerprint density at radius 2 is 2.14 bits per heavy atom. The van der Waals surface area contributed by atoms with Crippen molar-refractivity contribution < 1.29 is 0 Å². The number of likely N-dealkylation sites (tertiary alicyclic amines) is 1. The maximum absolute atomic E-state index is 3.47. The highest BCUT2D eigenvalue weighted by Crippen LogP contribution is 2.33. The predicted molar refractivity (Wildman–Crippen MR) is 60.4 cm³/mol. The second-order valence-corrected chi connectivity index (χ2v) is 5.19. The molecule has 0 aromatic rings. The summed E-state index contributed by atoms with van der Waals surface area (Å²) in [4.78, 5) is 2.72. The number of nitrogens with one attached hydrogen (secondary N) is 1. The largest absolute Gasteiger partial charge is 0.317 e. The van der Waals surface area contributed by atoms with Gasteiger partial charge in [-0.3, -0.25) is 0 Å². The smallest absolute Gasteiger partial charge is 0.0100 e. The SMILES string of the molecule is CCNCC1CCN(C2CC(C)C2)C1. The molecule has 1 atom stereocenters. The molecule has 2 rings (SSSR count). The molecule has 0 aromatic heterocycles. The molecule has 0 amide bonds. The van der Waals surface area contributed by atoms with Crippen LogP contribution in [0.2, 0.25) is 0 Å². The molecule has 1 heterocycles. The van der Waals surface area contributed by atoms with Gasteiger partial charge in [0.1, 0.15) is 0 Å². The fourth-order valence-corrected chi connectivity index (χ4v) is 2.87. The van der Waals surface area contributed by atoms with Gasteiger partial charge in [-0.15, -0.1) is 0 Å². The number of hydrogen-bond acceptors (Lipinski definition) is 2. The van der Waals surface area contributed by atoms with Gasteiger partial charge in [0.05, 0.1) is 0 Å². The normalized spacial score (nSPS) is 38.6. The zero-order chi connectivity index (χ0) is 9.97. The van der Waals surface area contributed by atoms with E-state index in [-0.39, 0.29) is 0 Å². The van der Waals surface area contributed by atoms with Crippen molar-refractivity contribution in [2.75, 3.05) is 26.2 Å². The monoisotopic (exact) mass is 196 g/mol. The van der Waals surface area contributed by atoms with E-state index in [2.05, 4.69) is 24.1 Å². The molecule has 1 aliphatic carbocycles. The van der Waals surface area contributed by atoms with E-state index >= 15 is 0 Å². The van der Waals surface area contributed by atoms with Crippen molar-refractivity contribution in [2.24, 2.45) is 11.8 Å². The average molecular weight is 196 g/mol. The first-order valence-corrected chi connectivity index (χ1v) is 6.24. The fourth-order valence-electron chi connectivity index (χ4n) is 2.87. The van der Waals surface area contributed by atoms with Crippen LogP contribution in [0.15, 0.2) is 0 Å². The molecule has 2 heteroatoms. The lowest BCUT2D eigenvalue weighted by molar-refractivity contribution is 0.106. The summed E-state index contributed by atoms with van der Waals surface area (Å²) in [5.41, 5.74) is 0. The van der Waals surface area contributed by atoms with Gasteiger partial charge in [-0.25, -0.2) is 0 Å². The van der Waals surface area contributed by atoms with Crippen molar-refractivity contribution in [3.8, 4) is 0 Å². The van der Waals surface area contributed by atoms with E-state index in [9.17, 15) is 0 Å². The molecule has 2 fully saturated rings. The number of rotatable bonds is 4. The Morgan fingerprint density at radius 3 is 2.79 bits per heavy atom. The highest BCUT2D eigenvalue weighted by Gasteiger charge is 2.34. The Morgan fingerprint density at radius 1 is 1.36 bits per heavy atom. The van der Waals surface area contributed by atoms with Crippen molar-refractivity contribution in [2.45, 2.75) is 39.2 Å². The van der Waals surface area contributed by atoms with Gasteiger partial charge >= 0.3 is 0 Å². The highest BCUT2D eigenvalue weighted by molar-refractivity contribution is 4.89. The van der Waals surface area contributed by atoms with E-state index in [1.807, 2.05) is 0 Å². The second kappa shape index (κ2) is 4.63. The molecule has 1 unspecified atom stereocenters. The van der Waals surface area contributed by atoms with Crippen molar-refractivity contribution in [1.82, 2.24) is 10.2 Å². The molecule has 2 aliphatic rings. The van der Waals surface area contributed by atoms with Crippen LogP contribution in [-0.4, -0.2) is 37.1 Å². The van der Waals surface area contributed by atoms with Crippen LogP contribution in [0.3, 0.4) is 0 Å². The molecule has 0 radical (unpaired) electrons. The first-order valence-electron chi connectivity index (χ1n) is 6.24. The fraction of sp³-hybridized carbons (Fsp3) is 1.00. The molecule has 82 valence electrons. The standard InChI is InChI=1S/C12H24N2/c1-3-13-8-11-4-5-14(9-11)12-6-10(2)7-12/h10-13H,3-9H2,1-2H3. The maximum atomic E-state index is 3.47. The van der Waals surface area contributed by atoms with E-state index in [4.69, 9.17) is 0 Å². The Kier molecular flexibility index (Phi) is 3.45. The second-order valence-electron chi connectivity index (χ2n) is 5.19. The van der Waals surface area contributed by atoms with Crippen molar-refractivity contribution in [1.29, 1.82) is 0 Å². The van der Waals surface area contributed by atoms with Crippen LogP contribution in [0, 0.1) is 11.8 Å². The van der Waals surface area contributed by atoms with Crippen LogP contribution in [0.25, 0.3) is 0 Å². The van der Waals surface area contributed by atoms with Crippen LogP contribution in [0.5, 0.6) is 0 Å². The summed E-state index contributed by atoms with van der Waals surface area (Å²) >= 11 is 0. The molecule has 2 nitrogen and oxygen atoms in total. The third-order valence-electron chi connectivity index (χ3n) is 3.87. The van der Waals surface area contributed by atoms with E-state index in [0.29, 0.717) is 0 Å². The molecule has 1 N–H and O–H groups in total. The van der Waals surface area contributed by atoms with E-state index in [0.717, 1.165) is 24.4 Å². The summed E-state index contributed by atoms with van der Waals surface area (Å²) in [6.45, 7) is 9.63. The van der Waals surface area contributed by atoms with Crippen molar-refractivity contribution >= 4 is 0 Å². The molecule has 1 saturated carbocycles. The summed E-state index contributed by atoms with van der Waals surface area (Å²) in [6.07, 6.45) is 4.32. The van der Waals surface area contributed by atoms with Crippen LogP contribution < -0.4 is 5.32 Å². The molecule has 0 spiro atoms. The van der Waals surface area contributed by atoms with Gasteiger partial charge in [0.15, 0.2) is 0 Å². The van der Waals surface area contributed by atoms with Gasteiger partial charge in [0, 0.05) is 12.6 Å². The molecule has 0 aromatic carbocycles. The molecule has 1 saturated heterocycles. The molecule has 0 bridgehead atoms. The van der Waals surface area contributed by atoms with Crippen LogP contribution in [0.4, 0.5) is 0 Å². The summed E-state index contributed by atoms with van der Waals surface area (Å²) in [5, 5.41) is 3.47. The zero-order valence-corrected chi connectivity index (χ0v) is 9.63. The molecule has 14 heavy (non-hydrogen) atoms. The first kappa shape index (κ1) is 10.4. The van der Waals surface area contributed by atoms with Crippen molar-refractivity contribution in [3.05, 3.63) is 0 Å². The molecular weight excluding hydrogens is 172 g/mol. The lowest BCUT2D eigenvalue weighted by Crippen LogP contribution is -2.42. The summed E-state index contributed by atoms with van der Waals surface area (Å²) < 4.78 is 0. The van der Waals surface area contributed by atoms with Gasteiger partial charge in [0.2, 0.25) is 0 Å². The van der Waals surface area contributed by atoms with Crippen LogP contribution in [-0.2, 0) is 0 Å². The Hall–Kier alpha value is -0.0800. The highest BCUT2D eigenvalue weighted by atomic mass is 15.2. The maximum Gasteiger partial charge on any atom is 0.0100 e. The number of hydrogen-bond donors (Lipinski definition) is 1. The third-order valence-corrected chi connectivity index (χ3v) is 3.87. The van der Waals surface area contributed by atoms with Gasteiger partial charge in [-0.2, -0.15) is 0 Å². The average Bonchev–Trinajstić information content (AvgIpc) is 2.58. The zero-order valence-electron chi connectivity index (χ0n) is 9.63. The topological polar surface area (TPSA) is 15.3 Å². The van der Waals surface area contributed by atoms with E-state index < -0.39 is 0 Å².